The summed E-state index contributed by atoms with van der Waals surface area (Å²) >= 11 is 0. The maximum absolute atomic E-state index is 12.6. The van der Waals surface area contributed by atoms with Crippen molar-refractivity contribution in [2.75, 3.05) is 19.8 Å². The van der Waals surface area contributed by atoms with Crippen molar-refractivity contribution < 1.29 is 47.5 Å². The van der Waals surface area contributed by atoms with Crippen LogP contribution in [0.25, 0.3) is 0 Å². The van der Waals surface area contributed by atoms with E-state index in [4.69, 9.17) is 24.8 Å². The molecule has 12 heteroatoms. The molecular weight excluding hydrogens is 685 g/mol. The predicted octanol–water partition coefficient (Wildman–Crippen LogP) is 10.5. The van der Waals surface area contributed by atoms with Crippen LogP contribution in [0.2, 0.25) is 0 Å². The molecule has 0 aliphatic carbocycles. The minimum Gasteiger partial charge on any atom is -0.480 e. The first-order chi connectivity index (χ1) is 25.1. The summed E-state index contributed by atoms with van der Waals surface area (Å²) in [4.78, 5) is 45.8. The van der Waals surface area contributed by atoms with Gasteiger partial charge in [0.05, 0.1) is 13.2 Å². The molecule has 0 fully saturated rings. The average Bonchev–Trinajstić information content (AvgIpc) is 3.12. The van der Waals surface area contributed by atoms with Gasteiger partial charge in [-0.05, 0) is 38.5 Å². The zero-order valence-corrected chi connectivity index (χ0v) is 33.8. The molecule has 0 heterocycles. The van der Waals surface area contributed by atoms with Crippen molar-refractivity contribution in [1.29, 1.82) is 0 Å². The van der Waals surface area contributed by atoms with Crippen LogP contribution in [0.5, 0.6) is 0 Å². The highest BCUT2D eigenvalue weighted by Crippen LogP contribution is 2.43. The summed E-state index contributed by atoms with van der Waals surface area (Å²) in [5, 5.41) is 8.87. The van der Waals surface area contributed by atoms with Crippen molar-refractivity contribution in [2.24, 2.45) is 5.73 Å². The van der Waals surface area contributed by atoms with Gasteiger partial charge in [-0.25, -0.2) is 4.57 Å². The maximum atomic E-state index is 12.6. The standard InChI is InChI=1S/C40H76NO10P/c1-3-5-7-9-11-13-15-17-18-20-21-23-25-27-29-31-38(42)48-33-36(34-49-52(46,47)50-35-37(41)40(44)45)51-39(43)32-30-28-26-24-22-19-16-14-12-10-8-6-4-2/h17-18,36-37H,3-16,19-35,41H2,1-2H3,(H,44,45)(H,46,47)/b18-17-/t36-,37-/m0/s1. The second-order valence-electron chi connectivity index (χ2n) is 14.1. The summed E-state index contributed by atoms with van der Waals surface area (Å²) in [6.45, 7) is 2.79. The largest absolute Gasteiger partial charge is 0.480 e. The lowest BCUT2D eigenvalue weighted by Crippen LogP contribution is -2.34. The van der Waals surface area contributed by atoms with Gasteiger partial charge in [0.15, 0.2) is 6.10 Å². The van der Waals surface area contributed by atoms with Crippen LogP contribution >= 0.6 is 7.82 Å². The number of phosphoric ester groups is 1. The monoisotopic (exact) mass is 762 g/mol. The number of phosphoric acid groups is 1. The lowest BCUT2D eigenvalue weighted by atomic mass is 10.0. The van der Waals surface area contributed by atoms with Gasteiger partial charge in [-0.3, -0.25) is 23.4 Å². The van der Waals surface area contributed by atoms with Crippen molar-refractivity contribution in [1.82, 2.24) is 0 Å². The van der Waals surface area contributed by atoms with E-state index in [1.807, 2.05) is 0 Å². The second-order valence-corrected chi connectivity index (χ2v) is 15.6. The van der Waals surface area contributed by atoms with Gasteiger partial charge >= 0.3 is 25.7 Å². The van der Waals surface area contributed by atoms with E-state index in [-0.39, 0.29) is 19.4 Å². The van der Waals surface area contributed by atoms with E-state index in [9.17, 15) is 23.8 Å². The molecule has 1 unspecified atom stereocenters. The molecule has 3 atom stereocenters. The Morgan fingerprint density at radius 1 is 0.577 bits per heavy atom. The molecule has 0 radical (unpaired) electrons. The van der Waals surface area contributed by atoms with E-state index in [0.29, 0.717) is 12.8 Å². The first-order valence-corrected chi connectivity index (χ1v) is 22.2. The Labute approximate surface area is 316 Å². The highest BCUT2D eigenvalue weighted by molar-refractivity contribution is 7.47. The number of hydrogen-bond donors (Lipinski definition) is 3. The SMILES string of the molecule is CCCCCCCC/C=C\CCCCCCCC(=O)OC[C@@H](COP(=O)(O)OC[C@H](N)C(=O)O)OC(=O)CCCCCCCCCCCCCCC. The molecule has 0 bridgehead atoms. The van der Waals surface area contributed by atoms with Crippen LogP contribution in [0.3, 0.4) is 0 Å². The third-order valence-corrected chi connectivity index (χ3v) is 9.96. The molecule has 0 aliphatic rings. The molecule has 0 saturated heterocycles. The van der Waals surface area contributed by atoms with Crippen LogP contribution in [0.1, 0.15) is 194 Å². The molecule has 0 aromatic rings. The first kappa shape index (κ1) is 50.2. The highest BCUT2D eigenvalue weighted by Gasteiger charge is 2.28. The minimum absolute atomic E-state index is 0.165. The number of carbonyl (C=O) groups is 3. The Balaban J connectivity index is 4.38. The van der Waals surface area contributed by atoms with Crippen LogP contribution in [0.4, 0.5) is 0 Å². The van der Waals surface area contributed by atoms with Crippen LogP contribution in [0, 0.1) is 0 Å². The van der Waals surface area contributed by atoms with E-state index in [1.165, 1.54) is 96.3 Å². The van der Waals surface area contributed by atoms with Gasteiger partial charge < -0.3 is 25.2 Å². The summed E-state index contributed by atoms with van der Waals surface area (Å²) in [7, 11) is -4.71. The van der Waals surface area contributed by atoms with Gasteiger partial charge in [-0.2, -0.15) is 0 Å². The molecule has 52 heavy (non-hydrogen) atoms. The topological polar surface area (TPSA) is 172 Å². The van der Waals surface area contributed by atoms with Crippen molar-refractivity contribution in [3.8, 4) is 0 Å². The fourth-order valence-corrected chi connectivity index (χ4v) is 6.48. The number of nitrogens with two attached hydrogens (primary N) is 1. The lowest BCUT2D eigenvalue weighted by Gasteiger charge is -2.20. The number of ether oxygens (including phenoxy) is 2. The third-order valence-electron chi connectivity index (χ3n) is 9.01. The maximum Gasteiger partial charge on any atom is 0.472 e. The van der Waals surface area contributed by atoms with Crippen LogP contribution in [-0.2, 0) is 37.5 Å². The molecule has 306 valence electrons. The Hall–Kier alpha value is -1.78. The number of carboxylic acid groups (broad SMARTS) is 1. The van der Waals surface area contributed by atoms with Gasteiger partial charge in [0, 0.05) is 12.8 Å². The minimum atomic E-state index is -4.71. The van der Waals surface area contributed by atoms with Gasteiger partial charge in [0.25, 0.3) is 0 Å². The number of carbonyl (C=O) groups excluding carboxylic acids is 2. The molecule has 0 saturated carbocycles. The number of allylic oxidation sites excluding steroid dienone is 2. The van der Waals surface area contributed by atoms with E-state index >= 15 is 0 Å². The predicted molar refractivity (Wildman–Crippen MR) is 208 cm³/mol. The number of rotatable bonds is 39. The molecule has 0 aromatic carbocycles. The van der Waals surface area contributed by atoms with Gasteiger partial charge in [0.2, 0.25) is 0 Å². The van der Waals surface area contributed by atoms with Crippen molar-refractivity contribution in [3.63, 3.8) is 0 Å². The zero-order valence-electron chi connectivity index (χ0n) is 32.9. The lowest BCUT2D eigenvalue weighted by molar-refractivity contribution is -0.161. The van der Waals surface area contributed by atoms with Crippen LogP contribution < -0.4 is 5.73 Å². The van der Waals surface area contributed by atoms with Crippen molar-refractivity contribution in [3.05, 3.63) is 12.2 Å². The summed E-state index contributed by atoms with van der Waals surface area (Å²) in [6.07, 6.45) is 34.2. The van der Waals surface area contributed by atoms with Gasteiger partial charge in [0.1, 0.15) is 12.6 Å². The summed E-state index contributed by atoms with van der Waals surface area (Å²) in [5.74, 6) is -2.38. The molecular formula is C40H76NO10P. The fraction of sp³-hybridized carbons (Fsp3) is 0.875. The number of esters is 2. The van der Waals surface area contributed by atoms with Crippen LogP contribution in [-0.4, -0.2) is 59.9 Å². The molecule has 0 rings (SSSR count). The van der Waals surface area contributed by atoms with E-state index in [2.05, 4.69) is 30.5 Å². The molecule has 0 aromatic heterocycles. The number of hydrogen-bond acceptors (Lipinski definition) is 9. The highest BCUT2D eigenvalue weighted by atomic mass is 31.2. The van der Waals surface area contributed by atoms with Crippen LogP contribution in [0.15, 0.2) is 12.2 Å². The number of carboxylic acids is 1. The smallest absolute Gasteiger partial charge is 0.472 e. The Morgan fingerprint density at radius 3 is 1.40 bits per heavy atom. The van der Waals surface area contributed by atoms with Crippen molar-refractivity contribution >= 4 is 25.7 Å². The quantitative estimate of drug-likeness (QED) is 0.0235. The van der Waals surface area contributed by atoms with Gasteiger partial charge in [-0.1, -0.05) is 154 Å². The first-order valence-electron chi connectivity index (χ1n) is 20.7. The Morgan fingerprint density at radius 2 is 0.962 bits per heavy atom. The molecule has 0 spiro atoms. The number of unbranched alkanes of at least 4 members (excludes halogenated alkanes) is 23. The molecule has 11 nitrogen and oxygen atoms in total. The van der Waals surface area contributed by atoms with E-state index < -0.39 is 51.1 Å². The Bertz CT molecular complexity index is 947. The third kappa shape index (κ3) is 35.3. The molecule has 0 amide bonds. The number of aliphatic carboxylic acids is 1. The Kier molecular flexibility index (Phi) is 35.0. The van der Waals surface area contributed by atoms with Gasteiger partial charge in [-0.15, -0.1) is 0 Å². The second kappa shape index (κ2) is 36.2. The van der Waals surface area contributed by atoms with E-state index in [0.717, 1.165) is 57.8 Å². The molecule has 0 aliphatic heterocycles. The summed E-state index contributed by atoms with van der Waals surface area (Å²) in [6, 6.07) is -1.52. The van der Waals surface area contributed by atoms with Crippen molar-refractivity contribution in [2.45, 2.75) is 206 Å². The zero-order chi connectivity index (χ0) is 38.5. The fourth-order valence-electron chi connectivity index (χ4n) is 5.71. The van der Waals surface area contributed by atoms with E-state index in [1.54, 1.807) is 0 Å². The normalized spacial score (nSPS) is 13.9. The molecule has 4 N–H and O–H groups in total. The summed E-state index contributed by atoms with van der Waals surface area (Å²) in [5.41, 5.74) is 5.32. The average molecular weight is 762 g/mol. The summed E-state index contributed by atoms with van der Waals surface area (Å²) < 4.78 is 32.6.